The SMILES string of the molecule is Oc1c2c(cc3c1OCCO3)NC(C1CCC(N3CCNC3)NN1)OC2. The minimum Gasteiger partial charge on any atom is -0.504 e. The molecular formula is C17H25N5O4. The predicted molar refractivity (Wildman–Crippen MR) is 94.0 cm³/mol. The van der Waals surface area contributed by atoms with Gasteiger partial charge in [0.05, 0.1) is 18.8 Å². The van der Waals surface area contributed by atoms with Crippen molar-refractivity contribution < 1.29 is 19.3 Å². The second-order valence-corrected chi connectivity index (χ2v) is 7.11. The summed E-state index contributed by atoms with van der Waals surface area (Å²) in [6.07, 6.45) is 2.23. The molecule has 0 radical (unpaired) electrons. The average molecular weight is 363 g/mol. The van der Waals surface area contributed by atoms with Crippen molar-refractivity contribution in [2.24, 2.45) is 0 Å². The van der Waals surface area contributed by atoms with Gasteiger partial charge in [0.1, 0.15) is 19.4 Å². The lowest BCUT2D eigenvalue weighted by Crippen LogP contribution is -2.62. The van der Waals surface area contributed by atoms with Crippen LogP contribution in [-0.4, -0.2) is 61.4 Å². The Bertz CT molecular complexity index is 674. The standard InChI is InChI=1S/C17H25N5O4/c23-15-10-8-26-17(19-12(10)7-13-16(15)25-6-5-24-13)11-1-2-14(21-20-11)22-4-3-18-9-22/h7,11,14,17-21,23H,1-6,8-9H2. The fraction of sp³-hybridized carbons (Fsp3) is 0.647. The summed E-state index contributed by atoms with van der Waals surface area (Å²) < 4.78 is 17.1. The Balaban J connectivity index is 1.27. The highest BCUT2D eigenvalue weighted by Crippen LogP contribution is 2.46. The zero-order chi connectivity index (χ0) is 17.5. The van der Waals surface area contributed by atoms with E-state index < -0.39 is 0 Å². The highest BCUT2D eigenvalue weighted by atomic mass is 16.6. The van der Waals surface area contributed by atoms with Gasteiger partial charge in [-0.2, -0.15) is 0 Å². The molecule has 5 rings (SSSR count). The number of ether oxygens (including phenoxy) is 3. The second kappa shape index (κ2) is 6.75. The number of rotatable bonds is 2. The number of anilines is 1. The molecule has 0 spiro atoms. The zero-order valence-electron chi connectivity index (χ0n) is 14.6. The molecular weight excluding hydrogens is 338 g/mol. The molecule has 1 aromatic carbocycles. The van der Waals surface area contributed by atoms with Gasteiger partial charge in [0.15, 0.2) is 11.5 Å². The van der Waals surface area contributed by atoms with Crippen molar-refractivity contribution in [2.75, 3.05) is 38.3 Å². The van der Waals surface area contributed by atoms with E-state index in [0.29, 0.717) is 37.5 Å². The Morgan fingerprint density at radius 3 is 2.88 bits per heavy atom. The minimum absolute atomic E-state index is 0.111. The molecule has 1 aromatic rings. The Kier molecular flexibility index (Phi) is 4.26. The summed E-state index contributed by atoms with van der Waals surface area (Å²) in [6.45, 7) is 4.33. The van der Waals surface area contributed by atoms with Gasteiger partial charge in [-0.3, -0.25) is 4.90 Å². The molecule has 0 saturated carbocycles. The normalized spacial score (nSPS) is 31.3. The van der Waals surface area contributed by atoms with Crippen LogP contribution in [0.5, 0.6) is 17.2 Å². The first kappa shape index (κ1) is 16.4. The number of benzene rings is 1. The molecule has 9 heteroatoms. The Morgan fingerprint density at radius 1 is 1.15 bits per heavy atom. The van der Waals surface area contributed by atoms with Gasteiger partial charge in [-0.15, -0.1) is 0 Å². The summed E-state index contributed by atoms with van der Waals surface area (Å²) in [5.74, 6) is 1.11. The molecule has 26 heavy (non-hydrogen) atoms. The number of nitrogens with one attached hydrogen (secondary N) is 4. The first-order chi connectivity index (χ1) is 12.8. The van der Waals surface area contributed by atoms with Gasteiger partial charge in [0, 0.05) is 37.1 Å². The third-order valence-corrected chi connectivity index (χ3v) is 5.50. The van der Waals surface area contributed by atoms with Gasteiger partial charge in [0.25, 0.3) is 0 Å². The maximum atomic E-state index is 10.5. The van der Waals surface area contributed by atoms with E-state index in [1.165, 1.54) is 0 Å². The van der Waals surface area contributed by atoms with Crippen molar-refractivity contribution >= 4 is 5.69 Å². The lowest BCUT2D eigenvalue weighted by Gasteiger charge is -2.40. The molecule has 9 nitrogen and oxygen atoms in total. The van der Waals surface area contributed by atoms with Gasteiger partial charge in [-0.1, -0.05) is 0 Å². The van der Waals surface area contributed by atoms with Crippen LogP contribution in [0.1, 0.15) is 18.4 Å². The Hall–Kier alpha value is -1.78. The van der Waals surface area contributed by atoms with Crippen LogP contribution in [0.3, 0.4) is 0 Å². The van der Waals surface area contributed by atoms with Crippen LogP contribution < -0.4 is 31.0 Å². The number of phenols is 1. The quantitative estimate of drug-likeness (QED) is 0.492. The van der Waals surface area contributed by atoms with E-state index in [0.717, 1.165) is 43.9 Å². The molecule has 0 aromatic heterocycles. The number of phenolic OH excluding ortho intramolecular Hbond substituents is 1. The van der Waals surface area contributed by atoms with Crippen LogP contribution in [-0.2, 0) is 11.3 Å². The second-order valence-electron chi connectivity index (χ2n) is 7.11. The van der Waals surface area contributed by atoms with Crippen molar-refractivity contribution in [3.8, 4) is 17.2 Å². The van der Waals surface area contributed by atoms with Crippen LogP contribution in [0.25, 0.3) is 0 Å². The maximum Gasteiger partial charge on any atom is 0.203 e. The number of aromatic hydroxyl groups is 1. The summed E-state index contributed by atoms with van der Waals surface area (Å²) in [5, 5.41) is 17.2. The molecule has 4 heterocycles. The van der Waals surface area contributed by atoms with Gasteiger partial charge < -0.3 is 30.0 Å². The third-order valence-electron chi connectivity index (χ3n) is 5.50. The molecule has 142 valence electrons. The third kappa shape index (κ3) is 2.85. The number of hydrogen-bond acceptors (Lipinski definition) is 9. The van der Waals surface area contributed by atoms with Crippen molar-refractivity contribution in [1.82, 2.24) is 21.1 Å². The van der Waals surface area contributed by atoms with E-state index in [1.807, 2.05) is 6.07 Å². The minimum atomic E-state index is -0.172. The van der Waals surface area contributed by atoms with E-state index in [1.54, 1.807) is 0 Å². The molecule has 3 atom stereocenters. The van der Waals surface area contributed by atoms with Crippen molar-refractivity contribution in [1.29, 1.82) is 0 Å². The lowest BCUT2D eigenvalue weighted by molar-refractivity contribution is -0.00124. The highest BCUT2D eigenvalue weighted by molar-refractivity contribution is 5.69. The number of hydrogen-bond donors (Lipinski definition) is 5. The Labute approximate surface area is 151 Å². The summed E-state index contributed by atoms with van der Waals surface area (Å²) in [7, 11) is 0. The van der Waals surface area contributed by atoms with Gasteiger partial charge in [-0.05, 0) is 12.8 Å². The molecule has 4 aliphatic rings. The number of hydrazine groups is 1. The van der Waals surface area contributed by atoms with Crippen molar-refractivity contribution in [3.63, 3.8) is 0 Å². The zero-order valence-corrected chi connectivity index (χ0v) is 14.6. The van der Waals surface area contributed by atoms with Gasteiger partial charge >= 0.3 is 0 Å². The predicted octanol–water partition coefficient (Wildman–Crippen LogP) is -0.123. The van der Waals surface area contributed by atoms with Gasteiger partial charge in [0.2, 0.25) is 5.75 Å². The summed E-state index contributed by atoms with van der Waals surface area (Å²) >= 11 is 0. The fourth-order valence-corrected chi connectivity index (χ4v) is 4.04. The van der Waals surface area contributed by atoms with E-state index in [4.69, 9.17) is 14.2 Å². The fourth-order valence-electron chi connectivity index (χ4n) is 4.04. The summed E-state index contributed by atoms with van der Waals surface area (Å²) in [5.41, 5.74) is 8.37. The summed E-state index contributed by atoms with van der Waals surface area (Å²) in [6, 6.07) is 2.04. The van der Waals surface area contributed by atoms with E-state index >= 15 is 0 Å². The molecule has 0 aliphatic carbocycles. The first-order valence-electron chi connectivity index (χ1n) is 9.28. The molecule has 4 aliphatic heterocycles. The van der Waals surface area contributed by atoms with Crippen LogP contribution in [0.2, 0.25) is 0 Å². The number of fused-ring (bicyclic) bond motifs is 2. The van der Waals surface area contributed by atoms with E-state index in [9.17, 15) is 5.11 Å². The first-order valence-corrected chi connectivity index (χ1v) is 9.28. The molecule has 0 bridgehead atoms. The lowest BCUT2D eigenvalue weighted by atomic mass is 10.0. The van der Waals surface area contributed by atoms with Crippen molar-refractivity contribution in [2.45, 2.75) is 37.9 Å². The molecule has 2 fully saturated rings. The Morgan fingerprint density at radius 2 is 2.08 bits per heavy atom. The molecule has 5 N–H and O–H groups in total. The van der Waals surface area contributed by atoms with Crippen LogP contribution in [0.15, 0.2) is 6.07 Å². The molecule has 2 saturated heterocycles. The molecule has 0 amide bonds. The van der Waals surface area contributed by atoms with Crippen LogP contribution in [0, 0.1) is 0 Å². The van der Waals surface area contributed by atoms with Crippen LogP contribution in [0.4, 0.5) is 5.69 Å². The topological polar surface area (TPSA) is 99.3 Å². The van der Waals surface area contributed by atoms with E-state index in [2.05, 4.69) is 26.4 Å². The average Bonchev–Trinajstić information content (AvgIpc) is 3.23. The number of nitrogens with zero attached hydrogens (tertiary/aromatic N) is 1. The smallest absolute Gasteiger partial charge is 0.203 e. The van der Waals surface area contributed by atoms with Crippen LogP contribution >= 0.6 is 0 Å². The van der Waals surface area contributed by atoms with E-state index in [-0.39, 0.29) is 18.0 Å². The highest BCUT2D eigenvalue weighted by Gasteiger charge is 2.35. The van der Waals surface area contributed by atoms with Gasteiger partial charge in [-0.25, -0.2) is 10.9 Å². The summed E-state index contributed by atoms with van der Waals surface area (Å²) in [4.78, 5) is 2.40. The molecule has 3 unspecified atom stereocenters. The maximum absolute atomic E-state index is 10.5. The van der Waals surface area contributed by atoms with Crippen molar-refractivity contribution in [3.05, 3.63) is 11.6 Å². The largest absolute Gasteiger partial charge is 0.504 e. The monoisotopic (exact) mass is 363 g/mol.